The van der Waals surface area contributed by atoms with Crippen molar-refractivity contribution in [2.75, 3.05) is 17.0 Å². The number of rotatable bonds is 7. The molecule has 0 fully saturated rings. The van der Waals surface area contributed by atoms with Gasteiger partial charge in [0, 0.05) is 12.7 Å². The van der Waals surface area contributed by atoms with E-state index in [1.165, 1.54) is 6.20 Å². The molecular weight excluding hydrogens is 228 g/mol. The Kier molecular flexibility index (Phi) is 4.75. The van der Waals surface area contributed by atoms with Crippen LogP contribution in [0.5, 0.6) is 0 Å². The summed E-state index contributed by atoms with van der Waals surface area (Å²) in [6.45, 7) is 3.17. The molecule has 0 aliphatic heterocycles. The summed E-state index contributed by atoms with van der Waals surface area (Å²) in [5, 5.41) is 3.99. The van der Waals surface area contributed by atoms with Gasteiger partial charge in [0.15, 0.2) is 0 Å². The molecule has 0 atom stereocenters. The van der Waals surface area contributed by atoms with Crippen LogP contribution in [0.15, 0.2) is 12.4 Å². The van der Waals surface area contributed by atoms with E-state index in [4.69, 9.17) is 5.73 Å². The molecule has 1 rings (SSSR count). The Morgan fingerprint density at radius 3 is 2.81 bits per heavy atom. The van der Waals surface area contributed by atoms with Crippen LogP contribution in [-0.2, 0) is 16.6 Å². The summed E-state index contributed by atoms with van der Waals surface area (Å²) in [7, 11) is -3.26. The second-order valence-electron chi connectivity index (χ2n) is 3.50. The highest BCUT2D eigenvalue weighted by molar-refractivity contribution is 7.92. The molecule has 7 heteroatoms. The Morgan fingerprint density at radius 1 is 1.50 bits per heavy atom. The van der Waals surface area contributed by atoms with Gasteiger partial charge in [0.2, 0.25) is 10.0 Å². The van der Waals surface area contributed by atoms with Crippen molar-refractivity contribution < 1.29 is 8.42 Å². The number of hydrogen-bond donors (Lipinski definition) is 2. The lowest BCUT2D eigenvalue weighted by Crippen LogP contribution is -2.17. The monoisotopic (exact) mass is 246 g/mol. The molecule has 1 aromatic rings. The van der Waals surface area contributed by atoms with Crippen LogP contribution < -0.4 is 10.5 Å². The van der Waals surface area contributed by atoms with Gasteiger partial charge in [-0.1, -0.05) is 0 Å². The molecule has 0 unspecified atom stereocenters. The molecule has 16 heavy (non-hydrogen) atoms. The van der Waals surface area contributed by atoms with Gasteiger partial charge in [-0.15, -0.1) is 0 Å². The van der Waals surface area contributed by atoms with Crippen LogP contribution in [0, 0.1) is 0 Å². The van der Waals surface area contributed by atoms with Gasteiger partial charge < -0.3 is 5.73 Å². The maximum atomic E-state index is 11.6. The fourth-order valence-corrected chi connectivity index (χ4v) is 2.41. The minimum atomic E-state index is -3.26. The first kappa shape index (κ1) is 13.0. The van der Waals surface area contributed by atoms with Crippen LogP contribution >= 0.6 is 0 Å². The summed E-state index contributed by atoms with van der Waals surface area (Å²) in [5.74, 6) is 0.0987. The zero-order chi connectivity index (χ0) is 12.0. The lowest BCUT2D eigenvalue weighted by molar-refractivity contribution is 0.597. The van der Waals surface area contributed by atoms with E-state index in [1.54, 1.807) is 10.9 Å². The minimum Gasteiger partial charge on any atom is -0.330 e. The van der Waals surface area contributed by atoms with E-state index in [1.807, 2.05) is 6.92 Å². The highest BCUT2D eigenvalue weighted by atomic mass is 32.2. The van der Waals surface area contributed by atoms with Gasteiger partial charge in [0.25, 0.3) is 0 Å². The Balaban J connectivity index is 2.51. The van der Waals surface area contributed by atoms with Gasteiger partial charge in [-0.25, -0.2) is 8.42 Å². The Morgan fingerprint density at radius 2 is 2.25 bits per heavy atom. The molecular formula is C9H18N4O2S. The van der Waals surface area contributed by atoms with Crippen LogP contribution in [-0.4, -0.2) is 30.5 Å². The topological polar surface area (TPSA) is 90.0 Å². The number of anilines is 1. The zero-order valence-electron chi connectivity index (χ0n) is 9.39. The molecule has 0 saturated carbocycles. The van der Waals surface area contributed by atoms with E-state index < -0.39 is 10.0 Å². The number of nitrogens with zero attached hydrogens (tertiary/aromatic N) is 2. The van der Waals surface area contributed by atoms with Crippen LogP contribution in [0.25, 0.3) is 0 Å². The third kappa shape index (κ3) is 4.19. The van der Waals surface area contributed by atoms with Gasteiger partial charge in [0.1, 0.15) is 0 Å². The van der Waals surface area contributed by atoms with Crippen molar-refractivity contribution in [2.45, 2.75) is 26.3 Å². The molecule has 0 spiro atoms. The van der Waals surface area contributed by atoms with E-state index in [0.29, 0.717) is 18.7 Å². The molecule has 92 valence electrons. The third-order valence-electron chi connectivity index (χ3n) is 2.10. The van der Waals surface area contributed by atoms with Gasteiger partial charge in [0.05, 0.1) is 17.6 Å². The van der Waals surface area contributed by atoms with Gasteiger partial charge in [-0.2, -0.15) is 5.10 Å². The first-order valence-corrected chi connectivity index (χ1v) is 6.95. The summed E-state index contributed by atoms with van der Waals surface area (Å²) in [4.78, 5) is 0. The molecule has 0 aliphatic rings. The summed E-state index contributed by atoms with van der Waals surface area (Å²) < 4.78 is 27.3. The van der Waals surface area contributed by atoms with Crippen LogP contribution in [0.4, 0.5) is 5.69 Å². The fraction of sp³-hybridized carbons (Fsp3) is 0.667. The lowest BCUT2D eigenvalue weighted by atomic mass is 10.3. The van der Waals surface area contributed by atoms with E-state index >= 15 is 0 Å². The molecule has 1 heterocycles. The first-order chi connectivity index (χ1) is 7.57. The molecule has 0 aromatic carbocycles. The quantitative estimate of drug-likeness (QED) is 0.681. The first-order valence-electron chi connectivity index (χ1n) is 5.30. The Labute approximate surface area is 95.9 Å². The van der Waals surface area contributed by atoms with E-state index in [2.05, 4.69) is 9.82 Å². The second kappa shape index (κ2) is 5.86. The molecule has 3 N–H and O–H groups in total. The van der Waals surface area contributed by atoms with Crippen molar-refractivity contribution >= 4 is 15.7 Å². The predicted molar refractivity (Wildman–Crippen MR) is 63.6 cm³/mol. The Hall–Kier alpha value is -1.08. The van der Waals surface area contributed by atoms with Gasteiger partial charge in [-0.05, 0) is 26.3 Å². The van der Waals surface area contributed by atoms with Crippen molar-refractivity contribution in [2.24, 2.45) is 5.73 Å². The van der Waals surface area contributed by atoms with Gasteiger partial charge >= 0.3 is 0 Å². The predicted octanol–water partition coefficient (Wildman–Crippen LogP) is 0.384. The zero-order valence-corrected chi connectivity index (χ0v) is 10.2. The number of nitrogens with two attached hydrogens (primary N) is 1. The molecule has 1 aromatic heterocycles. The average molecular weight is 246 g/mol. The fourth-order valence-electron chi connectivity index (χ4n) is 1.26. The molecule has 0 radical (unpaired) electrons. The van der Waals surface area contributed by atoms with E-state index in [-0.39, 0.29) is 5.75 Å². The molecule has 0 aliphatic carbocycles. The highest BCUT2D eigenvalue weighted by Gasteiger charge is 2.10. The Bertz CT molecular complexity index is 413. The standard InChI is InChI=1S/C9H18N4O2S/c1-2-13-8-9(7-11-13)12-16(14,15)6-4-3-5-10/h7-8,12H,2-6,10H2,1H3. The third-order valence-corrected chi connectivity index (χ3v) is 3.47. The van der Waals surface area contributed by atoms with E-state index in [9.17, 15) is 8.42 Å². The summed E-state index contributed by atoms with van der Waals surface area (Å²) >= 11 is 0. The summed E-state index contributed by atoms with van der Waals surface area (Å²) in [6.07, 6.45) is 4.47. The van der Waals surface area contributed by atoms with Crippen molar-refractivity contribution in [3.8, 4) is 0 Å². The number of aryl methyl sites for hydroxylation is 1. The second-order valence-corrected chi connectivity index (χ2v) is 5.34. The number of nitrogens with one attached hydrogen (secondary N) is 1. The summed E-state index contributed by atoms with van der Waals surface area (Å²) in [5.41, 5.74) is 5.81. The van der Waals surface area contributed by atoms with Crippen LogP contribution in [0.1, 0.15) is 19.8 Å². The maximum absolute atomic E-state index is 11.6. The molecule has 0 bridgehead atoms. The molecule has 0 saturated heterocycles. The molecule has 6 nitrogen and oxygen atoms in total. The number of hydrogen-bond acceptors (Lipinski definition) is 4. The molecule has 0 amide bonds. The number of unbranched alkanes of at least 4 members (excludes halogenated alkanes) is 1. The SMILES string of the molecule is CCn1cc(NS(=O)(=O)CCCCN)cn1. The lowest BCUT2D eigenvalue weighted by Gasteiger charge is -2.04. The summed E-state index contributed by atoms with van der Waals surface area (Å²) in [6, 6.07) is 0. The highest BCUT2D eigenvalue weighted by Crippen LogP contribution is 2.08. The maximum Gasteiger partial charge on any atom is 0.232 e. The van der Waals surface area contributed by atoms with Crippen LogP contribution in [0.2, 0.25) is 0 Å². The number of sulfonamides is 1. The average Bonchev–Trinajstić information content (AvgIpc) is 2.65. The van der Waals surface area contributed by atoms with Crippen molar-refractivity contribution in [3.05, 3.63) is 12.4 Å². The van der Waals surface area contributed by atoms with Crippen LogP contribution in [0.3, 0.4) is 0 Å². The van der Waals surface area contributed by atoms with Gasteiger partial charge in [-0.3, -0.25) is 9.40 Å². The normalized spacial score (nSPS) is 11.6. The van der Waals surface area contributed by atoms with Crippen molar-refractivity contribution in [3.63, 3.8) is 0 Å². The largest absolute Gasteiger partial charge is 0.330 e. The minimum absolute atomic E-state index is 0.0987. The van der Waals surface area contributed by atoms with Crippen molar-refractivity contribution in [1.82, 2.24) is 9.78 Å². The number of aromatic nitrogens is 2. The van der Waals surface area contributed by atoms with E-state index in [0.717, 1.165) is 13.0 Å². The van der Waals surface area contributed by atoms with Crippen molar-refractivity contribution in [1.29, 1.82) is 0 Å². The smallest absolute Gasteiger partial charge is 0.232 e.